The van der Waals surface area contributed by atoms with E-state index >= 15 is 0 Å². The zero-order valence-electron chi connectivity index (χ0n) is 7.55. The lowest BCUT2D eigenvalue weighted by molar-refractivity contribution is 0.613. The van der Waals surface area contributed by atoms with Gasteiger partial charge in [0, 0.05) is 5.39 Å². The largest absolute Gasteiger partial charge is 0.464 e. The molecule has 13 heavy (non-hydrogen) atoms. The Bertz CT molecular complexity index is 399. The molecule has 0 saturated carbocycles. The van der Waals surface area contributed by atoms with Crippen LogP contribution in [0.25, 0.3) is 11.0 Å². The Labute approximate surface area is 77.4 Å². The average Bonchev–Trinajstić information content (AvgIpc) is 2.61. The van der Waals surface area contributed by atoms with Gasteiger partial charge in [0.05, 0.1) is 6.26 Å². The van der Waals surface area contributed by atoms with Gasteiger partial charge in [-0.15, -0.1) is 0 Å². The van der Waals surface area contributed by atoms with Crippen LogP contribution in [0.2, 0.25) is 0 Å². The minimum absolute atomic E-state index is 1.04. The van der Waals surface area contributed by atoms with Crippen molar-refractivity contribution in [1.29, 1.82) is 0 Å². The number of aryl methyl sites for hydroxylation is 2. The maximum absolute atomic E-state index is 5.38. The Morgan fingerprint density at radius 2 is 1.77 bits per heavy atom. The number of benzene rings is 1. The predicted octanol–water partition coefficient (Wildman–Crippen LogP) is 3.31. The summed E-state index contributed by atoms with van der Waals surface area (Å²) >= 11 is 0. The second-order valence-corrected chi connectivity index (χ2v) is 3.79. The van der Waals surface area contributed by atoms with E-state index < -0.39 is 0 Å². The summed E-state index contributed by atoms with van der Waals surface area (Å²) in [5.41, 5.74) is 4.06. The van der Waals surface area contributed by atoms with Gasteiger partial charge in [-0.1, -0.05) is 0 Å². The lowest BCUT2D eigenvalue weighted by Crippen LogP contribution is -2.01. The van der Waals surface area contributed by atoms with Gasteiger partial charge in [-0.2, -0.15) is 0 Å². The highest BCUT2D eigenvalue weighted by Gasteiger charge is 2.10. The van der Waals surface area contributed by atoms with E-state index in [9.17, 15) is 0 Å². The van der Waals surface area contributed by atoms with Crippen molar-refractivity contribution < 1.29 is 4.42 Å². The van der Waals surface area contributed by atoms with Crippen LogP contribution in [-0.2, 0) is 12.8 Å². The van der Waals surface area contributed by atoms with Crippen LogP contribution in [0.15, 0.2) is 28.9 Å². The molecule has 66 valence electrons. The minimum Gasteiger partial charge on any atom is -0.464 e. The zero-order valence-corrected chi connectivity index (χ0v) is 7.55. The van der Waals surface area contributed by atoms with Crippen molar-refractivity contribution in [3.8, 4) is 0 Å². The molecule has 1 aliphatic rings. The van der Waals surface area contributed by atoms with Gasteiger partial charge in [-0.3, -0.25) is 0 Å². The van der Waals surface area contributed by atoms with Crippen molar-refractivity contribution in [2.45, 2.75) is 25.7 Å². The van der Waals surface area contributed by atoms with E-state index in [1.54, 1.807) is 6.26 Å². The molecule has 1 heterocycles. The van der Waals surface area contributed by atoms with Crippen molar-refractivity contribution in [2.75, 3.05) is 0 Å². The fraction of sp³-hybridized carbons (Fsp3) is 0.333. The molecule has 0 saturated heterocycles. The van der Waals surface area contributed by atoms with Crippen molar-refractivity contribution >= 4 is 11.0 Å². The summed E-state index contributed by atoms with van der Waals surface area (Å²) < 4.78 is 5.38. The topological polar surface area (TPSA) is 13.1 Å². The first-order valence-corrected chi connectivity index (χ1v) is 4.92. The van der Waals surface area contributed by atoms with Crippen LogP contribution >= 0.6 is 0 Å². The monoisotopic (exact) mass is 172 g/mol. The maximum Gasteiger partial charge on any atom is 0.134 e. The van der Waals surface area contributed by atoms with E-state index in [2.05, 4.69) is 12.1 Å². The zero-order chi connectivity index (χ0) is 8.67. The highest BCUT2D eigenvalue weighted by molar-refractivity contribution is 5.79. The molecule has 1 aliphatic carbocycles. The van der Waals surface area contributed by atoms with Crippen LogP contribution < -0.4 is 0 Å². The standard InChI is InChI=1S/C12H12O/c1-2-4-10-8-12-11(5-6-13-12)7-9(10)3-1/h5-8H,1-4H2. The lowest BCUT2D eigenvalue weighted by Gasteiger charge is -2.14. The first-order chi connectivity index (χ1) is 6.43. The van der Waals surface area contributed by atoms with Crippen LogP contribution in [0, 0.1) is 0 Å². The van der Waals surface area contributed by atoms with Crippen molar-refractivity contribution in [2.24, 2.45) is 0 Å². The number of rotatable bonds is 0. The van der Waals surface area contributed by atoms with E-state index in [1.165, 1.54) is 42.2 Å². The molecule has 0 bridgehead atoms. The fourth-order valence-electron chi connectivity index (χ4n) is 2.20. The average molecular weight is 172 g/mol. The van der Waals surface area contributed by atoms with Crippen molar-refractivity contribution in [1.82, 2.24) is 0 Å². The van der Waals surface area contributed by atoms with Crippen LogP contribution in [0.5, 0.6) is 0 Å². The Balaban J connectivity index is 2.28. The van der Waals surface area contributed by atoms with Gasteiger partial charge >= 0.3 is 0 Å². The third-order valence-electron chi connectivity index (χ3n) is 2.92. The Morgan fingerprint density at radius 3 is 2.62 bits per heavy atom. The lowest BCUT2D eigenvalue weighted by atomic mass is 9.91. The van der Waals surface area contributed by atoms with Crippen molar-refractivity contribution in [3.05, 3.63) is 35.6 Å². The molecular formula is C12H12O. The molecule has 1 aromatic heterocycles. The van der Waals surface area contributed by atoms with Gasteiger partial charge in [0.25, 0.3) is 0 Å². The number of fused-ring (bicyclic) bond motifs is 2. The predicted molar refractivity (Wildman–Crippen MR) is 52.9 cm³/mol. The number of hydrogen-bond acceptors (Lipinski definition) is 1. The molecule has 0 aliphatic heterocycles. The highest BCUT2D eigenvalue weighted by atomic mass is 16.3. The molecule has 0 N–H and O–H groups in total. The van der Waals surface area contributed by atoms with Gasteiger partial charge < -0.3 is 4.42 Å². The molecule has 0 fully saturated rings. The second kappa shape index (κ2) is 2.63. The van der Waals surface area contributed by atoms with Gasteiger partial charge in [0.15, 0.2) is 0 Å². The maximum atomic E-state index is 5.38. The summed E-state index contributed by atoms with van der Waals surface area (Å²) in [4.78, 5) is 0. The summed E-state index contributed by atoms with van der Waals surface area (Å²) in [7, 11) is 0. The molecule has 0 atom stereocenters. The van der Waals surface area contributed by atoms with Gasteiger partial charge in [-0.25, -0.2) is 0 Å². The summed E-state index contributed by atoms with van der Waals surface area (Å²) in [6, 6.07) is 6.54. The Kier molecular flexibility index (Phi) is 1.45. The van der Waals surface area contributed by atoms with E-state index in [-0.39, 0.29) is 0 Å². The Hall–Kier alpha value is -1.24. The third-order valence-corrected chi connectivity index (χ3v) is 2.92. The molecule has 2 aromatic rings. The molecule has 1 aromatic carbocycles. The van der Waals surface area contributed by atoms with Gasteiger partial charge in [0.2, 0.25) is 0 Å². The quantitative estimate of drug-likeness (QED) is 0.594. The molecular weight excluding hydrogens is 160 g/mol. The highest BCUT2D eigenvalue weighted by Crippen LogP contribution is 2.26. The van der Waals surface area contributed by atoms with Crippen LogP contribution in [0.3, 0.4) is 0 Å². The van der Waals surface area contributed by atoms with Crippen LogP contribution in [0.1, 0.15) is 24.0 Å². The molecule has 1 nitrogen and oxygen atoms in total. The normalized spacial score (nSPS) is 16.0. The SMILES string of the molecule is c1cc2cc3c(cc2o1)CCCC3. The molecule has 0 amide bonds. The summed E-state index contributed by atoms with van der Waals surface area (Å²) in [6.45, 7) is 0. The molecule has 3 rings (SSSR count). The van der Waals surface area contributed by atoms with E-state index in [0.717, 1.165) is 5.58 Å². The smallest absolute Gasteiger partial charge is 0.134 e. The van der Waals surface area contributed by atoms with Crippen LogP contribution in [0.4, 0.5) is 0 Å². The number of furan rings is 1. The fourth-order valence-corrected chi connectivity index (χ4v) is 2.20. The van der Waals surface area contributed by atoms with E-state index in [1.807, 2.05) is 6.07 Å². The number of hydrogen-bond donors (Lipinski definition) is 0. The van der Waals surface area contributed by atoms with Gasteiger partial charge in [-0.05, 0) is 55.0 Å². The first kappa shape index (κ1) is 7.19. The van der Waals surface area contributed by atoms with E-state index in [4.69, 9.17) is 4.42 Å². The van der Waals surface area contributed by atoms with Crippen LogP contribution in [-0.4, -0.2) is 0 Å². The summed E-state index contributed by atoms with van der Waals surface area (Å²) in [6.07, 6.45) is 6.92. The molecule has 0 spiro atoms. The molecule has 0 radical (unpaired) electrons. The summed E-state index contributed by atoms with van der Waals surface area (Å²) in [5.74, 6) is 0. The first-order valence-electron chi connectivity index (χ1n) is 4.92. The molecule has 1 heteroatoms. The Morgan fingerprint density at radius 1 is 1.00 bits per heavy atom. The second-order valence-electron chi connectivity index (χ2n) is 3.79. The third kappa shape index (κ3) is 1.07. The minimum atomic E-state index is 1.04. The van der Waals surface area contributed by atoms with Crippen molar-refractivity contribution in [3.63, 3.8) is 0 Å². The molecule has 0 unspecified atom stereocenters. The van der Waals surface area contributed by atoms with E-state index in [0.29, 0.717) is 0 Å². The van der Waals surface area contributed by atoms with Gasteiger partial charge in [0.1, 0.15) is 5.58 Å². The summed E-state index contributed by atoms with van der Waals surface area (Å²) in [5, 5.41) is 1.25.